The van der Waals surface area contributed by atoms with Crippen molar-refractivity contribution >= 4 is 16.4 Å². The van der Waals surface area contributed by atoms with Crippen LogP contribution in [0.25, 0.3) is 0 Å². The lowest BCUT2D eigenvalue weighted by Gasteiger charge is -2.07. The minimum atomic E-state index is -4.67. The van der Waals surface area contributed by atoms with Crippen LogP contribution in [-0.4, -0.2) is 36.7 Å². The molecular weight excluding hydrogens is 218 g/mol. The van der Waals surface area contributed by atoms with E-state index in [1.54, 1.807) is 6.92 Å². The quantitative estimate of drug-likeness (QED) is 0.325. The van der Waals surface area contributed by atoms with Gasteiger partial charge in [-0.3, -0.25) is 13.9 Å². The predicted octanol–water partition coefficient (Wildman–Crippen LogP) is -0.824. The Kier molecular flexibility index (Phi) is 8.58. The molecule has 0 aliphatic carbocycles. The molecule has 0 aromatic heterocycles. The molecule has 9 heteroatoms. The predicted molar refractivity (Wildman–Crippen MR) is 45.5 cm³/mol. The van der Waals surface area contributed by atoms with Crippen LogP contribution in [0.15, 0.2) is 0 Å². The average molecular weight is 231 g/mol. The number of esters is 1. The molecule has 14 heavy (non-hydrogen) atoms. The lowest BCUT2D eigenvalue weighted by molar-refractivity contribution is -0.154. The maximum atomic E-state index is 10.5. The van der Waals surface area contributed by atoms with Crippen molar-refractivity contribution in [2.45, 2.75) is 19.4 Å². The Morgan fingerprint density at radius 3 is 1.93 bits per heavy atom. The summed E-state index contributed by atoms with van der Waals surface area (Å²) in [5, 5.41) is 0. The van der Waals surface area contributed by atoms with E-state index >= 15 is 0 Å². The van der Waals surface area contributed by atoms with E-state index in [-0.39, 0.29) is 0 Å². The number of methoxy groups -OCH3 is 1. The summed E-state index contributed by atoms with van der Waals surface area (Å²) in [6, 6.07) is 0. The van der Waals surface area contributed by atoms with Crippen LogP contribution in [0.2, 0.25) is 0 Å². The molecule has 0 bridgehead atoms. The molecule has 0 aromatic carbocycles. The van der Waals surface area contributed by atoms with Gasteiger partial charge >= 0.3 is 16.4 Å². The van der Waals surface area contributed by atoms with E-state index in [0.717, 1.165) is 0 Å². The highest BCUT2D eigenvalue weighted by Gasteiger charge is 2.15. The zero-order valence-electron chi connectivity index (χ0n) is 7.71. The van der Waals surface area contributed by atoms with E-state index in [9.17, 15) is 4.79 Å². The average Bonchev–Trinajstić information content (AvgIpc) is 2.03. The van der Waals surface area contributed by atoms with Gasteiger partial charge in [-0.05, 0) is 6.42 Å². The van der Waals surface area contributed by atoms with Gasteiger partial charge in [-0.15, -0.1) is 0 Å². The molecule has 86 valence electrons. The Hall–Kier alpha value is -0.740. The molecule has 8 nitrogen and oxygen atoms in total. The summed E-state index contributed by atoms with van der Waals surface area (Å²) in [4.78, 5) is 14.8. The molecule has 1 unspecified atom stereocenters. The fraction of sp³-hybridized carbons (Fsp3) is 0.800. The molecule has 0 fully saturated rings. The fourth-order valence-corrected chi connectivity index (χ4v) is 0.450. The highest BCUT2D eigenvalue weighted by atomic mass is 32.3. The molecule has 0 aromatic rings. The normalized spacial score (nSPS) is 12.4. The first-order chi connectivity index (χ1) is 6.26. The molecule has 0 heterocycles. The van der Waals surface area contributed by atoms with Crippen LogP contribution in [0.3, 0.4) is 0 Å². The topological polar surface area (TPSA) is 136 Å². The zero-order chi connectivity index (χ0) is 11.8. The molecule has 0 rings (SSSR count). The second kappa shape index (κ2) is 7.64. The third kappa shape index (κ3) is 13.8. The van der Waals surface area contributed by atoms with Gasteiger partial charge in [0.05, 0.1) is 7.11 Å². The standard InChI is InChI=1S/C5H11NO3.H2O4S/c1-3-4(9-6)5(7)8-2;1-5(2,3)4/h4H,3,6H2,1-2H3;(H2,1,2,3,4). The van der Waals surface area contributed by atoms with Crippen LogP contribution in [-0.2, 0) is 24.8 Å². The van der Waals surface area contributed by atoms with E-state index in [2.05, 4.69) is 9.57 Å². The Bertz CT molecular complexity index is 237. The summed E-state index contributed by atoms with van der Waals surface area (Å²) < 4.78 is 35.9. The third-order valence-electron chi connectivity index (χ3n) is 0.999. The van der Waals surface area contributed by atoms with Gasteiger partial charge < -0.3 is 4.74 Å². The molecular formula is C5H13NO7S. The van der Waals surface area contributed by atoms with Crippen molar-refractivity contribution in [3.8, 4) is 0 Å². The number of hydrogen-bond donors (Lipinski definition) is 3. The van der Waals surface area contributed by atoms with Crippen molar-refractivity contribution in [1.29, 1.82) is 0 Å². The first kappa shape index (κ1) is 15.7. The van der Waals surface area contributed by atoms with Gasteiger partial charge in [-0.2, -0.15) is 8.42 Å². The highest BCUT2D eigenvalue weighted by molar-refractivity contribution is 7.79. The number of ether oxygens (including phenoxy) is 1. The summed E-state index contributed by atoms with van der Waals surface area (Å²) in [7, 11) is -3.37. The Morgan fingerprint density at radius 2 is 1.86 bits per heavy atom. The number of nitrogens with two attached hydrogens (primary N) is 1. The maximum absolute atomic E-state index is 10.5. The monoisotopic (exact) mass is 231 g/mol. The lowest BCUT2D eigenvalue weighted by Crippen LogP contribution is -2.27. The van der Waals surface area contributed by atoms with Crippen molar-refractivity contribution in [1.82, 2.24) is 0 Å². The smallest absolute Gasteiger partial charge is 0.394 e. The van der Waals surface area contributed by atoms with Crippen LogP contribution in [0, 0.1) is 0 Å². The molecule has 0 amide bonds. The summed E-state index contributed by atoms with van der Waals surface area (Å²) in [6.45, 7) is 1.79. The fourth-order valence-electron chi connectivity index (χ4n) is 0.450. The van der Waals surface area contributed by atoms with Gasteiger partial charge in [0.15, 0.2) is 6.10 Å². The highest BCUT2D eigenvalue weighted by Crippen LogP contribution is 1.95. The van der Waals surface area contributed by atoms with Crippen molar-refractivity contribution in [3.63, 3.8) is 0 Å². The maximum Gasteiger partial charge on any atom is 0.394 e. The van der Waals surface area contributed by atoms with Crippen molar-refractivity contribution in [3.05, 3.63) is 0 Å². The van der Waals surface area contributed by atoms with Gasteiger partial charge in [0.2, 0.25) is 0 Å². The van der Waals surface area contributed by atoms with E-state index in [0.29, 0.717) is 6.42 Å². The van der Waals surface area contributed by atoms with E-state index in [1.807, 2.05) is 0 Å². The number of carbonyl (C=O) groups excluding carboxylic acids is 1. The summed E-state index contributed by atoms with van der Waals surface area (Å²) in [6.07, 6.45) is -0.0848. The minimum absolute atomic E-state index is 0.431. The van der Waals surface area contributed by atoms with Crippen LogP contribution in [0.1, 0.15) is 13.3 Å². The van der Waals surface area contributed by atoms with Gasteiger partial charge in [0, 0.05) is 0 Å². The number of carbonyl (C=O) groups is 1. The minimum Gasteiger partial charge on any atom is -0.467 e. The number of rotatable bonds is 3. The Labute approximate surface area is 81.5 Å². The van der Waals surface area contributed by atoms with Crippen LogP contribution < -0.4 is 5.90 Å². The van der Waals surface area contributed by atoms with Crippen LogP contribution in [0.5, 0.6) is 0 Å². The van der Waals surface area contributed by atoms with Crippen molar-refractivity contribution in [2.24, 2.45) is 5.90 Å². The third-order valence-corrected chi connectivity index (χ3v) is 0.999. The molecule has 4 N–H and O–H groups in total. The molecule has 0 saturated carbocycles. The van der Waals surface area contributed by atoms with E-state index in [1.165, 1.54) is 7.11 Å². The zero-order valence-corrected chi connectivity index (χ0v) is 8.52. The largest absolute Gasteiger partial charge is 0.467 e. The SMILES string of the molecule is CCC(ON)C(=O)OC.O=S(=O)(O)O. The van der Waals surface area contributed by atoms with Gasteiger partial charge in [0.1, 0.15) is 0 Å². The summed E-state index contributed by atoms with van der Waals surface area (Å²) in [5.74, 6) is 4.33. The second-order valence-electron chi connectivity index (χ2n) is 2.00. The number of hydrogen-bond acceptors (Lipinski definition) is 6. The van der Waals surface area contributed by atoms with Gasteiger partial charge in [0.25, 0.3) is 0 Å². The molecule has 0 saturated heterocycles. The second-order valence-corrected chi connectivity index (χ2v) is 2.90. The first-order valence-electron chi connectivity index (χ1n) is 3.39. The summed E-state index contributed by atoms with van der Waals surface area (Å²) >= 11 is 0. The van der Waals surface area contributed by atoms with E-state index in [4.69, 9.17) is 23.4 Å². The van der Waals surface area contributed by atoms with Crippen LogP contribution >= 0.6 is 0 Å². The molecule has 0 spiro atoms. The molecule has 0 radical (unpaired) electrons. The van der Waals surface area contributed by atoms with Crippen molar-refractivity contribution < 1.29 is 31.9 Å². The van der Waals surface area contributed by atoms with Gasteiger partial charge in [-0.1, -0.05) is 6.92 Å². The Morgan fingerprint density at radius 1 is 1.50 bits per heavy atom. The van der Waals surface area contributed by atoms with Crippen LogP contribution in [0.4, 0.5) is 0 Å². The summed E-state index contributed by atoms with van der Waals surface area (Å²) in [5.41, 5.74) is 0. The first-order valence-corrected chi connectivity index (χ1v) is 4.79. The van der Waals surface area contributed by atoms with Gasteiger partial charge in [-0.25, -0.2) is 10.7 Å². The molecule has 0 aliphatic rings. The van der Waals surface area contributed by atoms with E-state index < -0.39 is 22.5 Å². The molecule has 0 aliphatic heterocycles. The molecule has 1 atom stereocenters. The Balaban J connectivity index is 0. The van der Waals surface area contributed by atoms with Crippen molar-refractivity contribution in [2.75, 3.05) is 7.11 Å². The lowest BCUT2D eigenvalue weighted by atomic mass is 10.3.